The number of primary sulfonamides is 1. The highest BCUT2D eigenvalue weighted by Gasteiger charge is 2.08. The first-order chi connectivity index (χ1) is 11.9. The number of rotatable bonds is 7. The van der Waals surface area contributed by atoms with Gasteiger partial charge in [0, 0.05) is 17.6 Å². The third kappa shape index (κ3) is 7.17. The Balaban J connectivity index is 0.00000338. The van der Waals surface area contributed by atoms with E-state index in [1.165, 1.54) is 17.0 Å². The highest BCUT2D eigenvalue weighted by atomic mass is 127. The normalized spacial score (nSPS) is 11.7. The van der Waals surface area contributed by atoms with E-state index in [2.05, 4.69) is 27.5 Å². The van der Waals surface area contributed by atoms with E-state index in [1.54, 1.807) is 17.4 Å². The zero-order valence-electron chi connectivity index (χ0n) is 14.7. The average Bonchev–Trinajstić information content (AvgIpc) is 3.05. The molecule has 0 unspecified atom stereocenters. The zero-order valence-corrected chi connectivity index (χ0v) is 18.7. The number of thiazole rings is 1. The van der Waals surface area contributed by atoms with Gasteiger partial charge in [-0.1, -0.05) is 19.1 Å². The molecule has 0 fully saturated rings. The summed E-state index contributed by atoms with van der Waals surface area (Å²) in [5, 5.41) is 12.6. The van der Waals surface area contributed by atoms with Gasteiger partial charge in [0.25, 0.3) is 0 Å². The van der Waals surface area contributed by atoms with Gasteiger partial charge >= 0.3 is 0 Å². The molecule has 0 bridgehead atoms. The van der Waals surface area contributed by atoms with Gasteiger partial charge in [-0.15, -0.1) is 35.3 Å². The molecule has 1 aromatic heterocycles. The van der Waals surface area contributed by atoms with Crippen LogP contribution in [-0.4, -0.2) is 25.9 Å². The monoisotopic (exact) mass is 509 g/mol. The number of hydrogen-bond donors (Lipinski definition) is 3. The topological polar surface area (TPSA) is 109 Å². The predicted molar refractivity (Wildman–Crippen MR) is 116 cm³/mol. The van der Waals surface area contributed by atoms with E-state index in [0.29, 0.717) is 19.0 Å². The predicted octanol–water partition coefficient (Wildman–Crippen LogP) is 2.23. The SMILES string of the molecule is CCNC(=NCc1cccc(S(N)(=O)=O)c1)NCc1ncc(CC)s1.I. The first-order valence-electron chi connectivity index (χ1n) is 8.00. The number of nitrogens with two attached hydrogens (primary N) is 1. The number of sulfonamides is 1. The number of nitrogens with zero attached hydrogens (tertiary/aromatic N) is 2. The Morgan fingerprint density at radius 3 is 2.69 bits per heavy atom. The summed E-state index contributed by atoms with van der Waals surface area (Å²) < 4.78 is 22.8. The summed E-state index contributed by atoms with van der Waals surface area (Å²) in [6.07, 6.45) is 2.87. The summed E-state index contributed by atoms with van der Waals surface area (Å²) in [6.45, 7) is 5.74. The van der Waals surface area contributed by atoms with Crippen LogP contribution in [0, 0.1) is 0 Å². The van der Waals surface area contributed by atoms with E-state index < -0.39 is 10.0 Å². The van der Waals surface area contributed by atoms with E-state index in [9.17, 15) is 8.42 Å². The van der Waals surface area contributed by atoms with Crippen LogP contribution < -0.4 is 15.8 Å². The van der Waals surface area contributed by atoms with Crippen molar-refractivity contribution in [1.82, 2.24) is 15.6 Å². The van der Waals surface area contributed by atoms with Crippen molar-refractivity contribution in [2.75, 3.05) is 6.54 Å². The van der Waals surface area contributed by atoms with Crippen molar-refractivity contribution < 1.29 is 8.42 Å². The molecule has 2 rings (SSSR count). The van der Waals surface area contributed by atoms with Crippen molar-refractivity contribution in [1.29, 1.82) is 0 Å². The van der Waals surface area contributed by atoms with Gasteiger partial charge in [-0.3, -0.25) is 0 Å². The summed E-state index contributed by atoms with van der Waals surface area (Å²) in [6, 6.07) is 6.49. The molecule has 1 aromatic carbocycles. The molecule has 0 atom stereocenters. The summed E-state index contributed by atoms with van der Waals surface area (Å²) in [4.78, 5) is 10.2. The van der Waals surface area contributed by atoms with Crippen molar-refractivity contribution in [3.8, 4) is 0 Å². The summed E-state index contributed by atoms with van der Waals surface area (Å²) in [7, 11) is -3.71. The Bertz CT molecular complexity index is 837. The first-order valence-corrected chi connectivity index (χ1v) is 10.4. The fraction of sp³-hybridized carbons (Fsp3) is 0.375. The average molecular weight is 509 g/mol. The number of aromatic nitrogens is 1. The van der Waals surface area contributed by atoms with Crippen LogP contribution in [0.25, 0.3) is 0 Å². The van der Waals surface area contributed by atoms with Crippen molar-refractivity contribution in [3.63, 3.8) is 0 Å². The number of benzene rings is 1. The van der Waals surface area contributed by atoms with Crippen molar-refractivity contribution in [2.24, 2.45) is 10.1 Å². The van der Waals surface area contributed by atoms with Gasteiger partial charge in [-0.05, 0) is 31.0 Å². The van der Waals surface area contributed by atoms with Gasteiger partial charge in [-0.2, -0.15) is 0 Å². The zero-order chi connectivity index (χ0) is 18.3. The molecule has 0 aliphatic heterocycles. The molecule has 0 radical (unpaired) electrons. The fourth-order valence-corrected chi connectivity index (χ4v) is 3.47. The molecule has 0 aliphatic rings. The van der Waals surface area contributed by atoms with E-state index in [4.69, 9.17) is 5.14 Å². The minimum atomic E-state index is -3.71. The fourth-order valence-electron chi connectivity index (χ4n) is 2.09. The van der Waals surface area contributed by atoms with Gasteiger partial charge in [0.15, 0.2) is 5.96 Å². The molecule has 0 amide bonds. The third-order valence-corrected chi connectivity index (χ3v) is 5.40. The molecule has 0 saturated carbocycles. The van der Waals surface area contributed by atoms with E-state index >= 15 is 0 Å². The largest absolute Gasteiger partial charge is 0.357 e. The van der Waals surface area contributed by atoms with E-state index in [0.717, 1.165) is 23.5 Å². The molecule has 0 aliphatic carbocycles. The van der Waals surface area contributed by atoms with Gasteiger partial charge in [0.1, 0.15) is 5.01 Å². The molecule has 7 nitrogen and oxygen atoms in total. The third-order valence-electron chi connectivity index (χ3n) is 3.35. The number of halogens is 1. The van der Waals surface area contributed by atoms with Gasteiger partial charge in [0.05, 0.1) is 18.0 Å². The lowest BCUT2D eigenvalue weighted by atomic mass is 10.2. The smallest absolute Gasteiger partial charge is 0.238 e. The molecule has 0 spiro atoms. The van der Waals surface area contributed by atoms with Crippen LogP contribution in [0.3, 0.4) is 0 Å². The van der Waals surface area contributed by atoms with Gasteiger partial charge < -0.3 is 10.6 Å². The number of aliphatic imine (C=N–C) groups is 1. The molecule has 0 saturated heterocycles. The number of aryl methyl sites for hydroxylation is 1. The van der Waals surface area contributed by atoms with Crippen LogP contribution in [0.4, 0.5) is 0 Å². The molecule has 2 aromatic rings. The standard InChI is InChI=1S/C16H23N5O2S2.HI/c1-3-13-10-19-15(24-13)11-21-16(18-4-2)20-9-12-6-5-7-14(8-12)25(17,22)23;/h5-8,10H,3-4,9,11H2,1-2H3,(H2,17,22,23)(H2,18,20,21);1H. The lowest BCUT2D eigenvalue weighted by molar-refractivity contribution is 0.597. The van der Waals surface area contributed by atoms with Gasteiger partial charge in [-0.25, -0.2) is 23.5 Å². The lowest BCUT2D eigenvalue weighted by Gasteiger charge is -2.10. The van der Waals surface area contributed by atoms with Crippen LogP contribution in [0.15, 0.2) is 40.4 Å². The number of hydrogen-bond acceptors (Lipinski definition) is 5. The quantitative estimate of drug-likeness (QED) is 0.301. The molecule has 4 N–H and O–H groups in total. The Morgan fingerprint density at radius 1 is 1.31 bits per heavy atom. The maximum absolute atomic E-state index is 11.4. The summed E-state index contributed by atoms with van der Waals surface area (Å²) >= 11 is 1.68. The van der Waals surface area contributed by atoms with E-state index in [1.807, 2.05) is 19.2 Å². The highest BCUT2D eigenvalue weighted by Crippen LogP contribution is 2.13. The Labute approximate surface area is 175 Å². The molecule has 10 heteroatoms. The minimum absolute atomic E-state index is 0. The van der Waals surface area contributed by atoms with Crippen LogP contribution in [-0.2, 0) is 29.5 Å². The Kier molecular flexibility index (Phi) is 9.47. The number of nitrogens with one attached hydrogen (secondary N) is 2. The molecule has 144 valence electrons. The first kappa shape index (κ1) is 22.8. The molecule has 1 heterocycles. The Hall–Kier alpha value is -1.24. The second kappa shape index (κ2) is 10.8. The van der Waals surface area contributed by atoms with E-state index in [-0.39, 0.29) is 28.9 Å². The highest BCUT2D eigenvalue weighted by molar-refractivity contribution is 14.0. The summed E-state index contributed by atoms with van der Waals surface area (Å²) in [5.74, 6) is 0.650. The maximum Gasteiger partial charge on any atom is 0.238 e. The molecular formula is C16H24IN5O2S2. The maximum atomic E-state index is 11.4. The summed E-state index contributed by atoms with van der Waals surface area (Å²) in [5.41, 5.74) is 0.770. The Morgan fingerprint density at radius 2 is 2.08 bits per heavy atom. The van der Waals surface area contributed by atoms with Crippen LogP contribution in [0.2, 0.25) is 0 Å². The lowest BCUT2D eigenvalue weighted by Crippen LogP contribution is -2.36. The van der Waals surface area contributed by atoms with Crippen LogP contribution in [0.1, 0.15) is 29.3 Å². The van der Waals surface area contributed by atoms with Gasteiger partial charge in [0.2, 0.25) is 10.0 Å². The van der Waals surface area contributed by atoms with Crippen molar-refractivity contribution >= 4 is 51.3 Å². The van der Waals surface area contributed by atoms with Crippen LogP contribution >= 0.6 is 35.3 Å². The van der Waals surface area contributed by atoms with Crippen molar-refractivity contribution in [3.05, 3.63) is 45.9 Å². The van der Waals surface area contributed by atoms with Crippen molar-refractivity contribution in [2.45, 2.75) is 38.3 Å². The number of guanidine groups is 1. The minimum Gasteiger partial charge on any atom is -0.357 e. The second-order valence-corrected chi connectivity index (χ2v) is 8.08. The second-order valence-electron chi connectivity index (χ2n) is 5.31. The molecular weight excluding hydrogens is 485 g/mol. The molecule has 26 heavy (non-hydrogen) atoms. The van der Waals surface area contributed by atoms with Crippen LogP contribution in [0.5, 0.6) is 0 Å².